The zero-order valence-corrected chi connectivity index (χ0v) is 13.6. The quantitative estimate of drug-likeness (QED) is 0.713. The minimum absolute atomic E-state index is 0.0995. The fourth-order valence-electron chi connectivity index (χ4n) is 4.16. The summed E-state index contributed by atoms with van der Waals surface area (Å²) in [6.45, 7) is 13.0. The van der Waals surface area contributed by atoms with Gasteiger partial charge in [-0.2, -0.15) is 0 Å². The van der Waals surface area contributed by atoms with Crippen LogP contribution in [0.4, 0.5) is 0 Å². The van der Waals surface area contributed by atoms with E-state index in [1.807, 2.05) is 0 Å². The van der Waals surface area contributed by atoms with Gasteiger partial charge in [0.05, 0.1) is 6.04 Å². The van der Waals surface area contributed by atoms with E-state index in [1.165, 1.54) is 25.7 Å². The second kappa shape index (κ2) is 4.87. The minimum Gasteiger partial charge on any atom is -0.297 e. The van der Waals surface area contributed by atoms with E-state index in [0.717, 1.165) is 12.3 Å². The maximum Gasteiger partial charge on any atom is 0.155 e. The third-order valence-corrected chi connectivity index (χ3v) is 4.90. The molecule has 2 heteroatoms. The first kappa shape index (κ1) is 15.0. The summed E-state index contributed by atoms with van der Waals surface area (Å²) < 4.78 is 0. The summed E-state index contributed by atoms with van der Waals surface area (Å²) >= 11 is 0. The molecule has 19 heavy (non-hydrogen) atoms. The molecule has 3 atom stereocenters. The summed E-state index contributed by atoms with van der Waals surface area (Å²) in [5, 5.41) is 0. The first-order valence-corrected chi connectivity index (χ1v) is 7.95. The van der Waals surface area contributed by atoms with Crippen molar-refractivity contribution in [1.29, 1.82) is 0 Å². The molecule has 0 unspecified atom stereocenters. The molecule has 0 aromatic heterocycles. The van der Waals surface area contributed by atoms with Gasteiger partial charge in [-0.3, -0.25) is 9.69 Å². The van der Waals surface area contributed by atoms with Gasteiger partial charge in [-0.15, -0.1) is 0 Å². The van der Waals surface area contributed by atoms with Crippen LogP contribution in [0, 0.1) is 11.3 Å². The van der Waals surface area contributed by atoms with Gasteiger partial charge in [-0.25, -0.2) is 0 Å². The molecule has 1 heterocycles. The van der Waals surface area contributed by atoms with Crippen molar-refractivity contribution in [2.45, 2.75) is 91.3 Å². The van der Waals surface area contributed by atoms with Gasteiger partial charge in [0.1, 0.15) is 0 Å². The van der Waals surface area contributed by atoms with Gasteiger partial charge in [0.15, 0.2) is 5.78 Å². The number of carbonyl (C=O) groups excluding carboxylic acids is 1. The van der Waals surface area contributed by atoms with E-state index < -0.39 is 0 Å². The Labute approximate surface area is 118 Å². The smallest absolute Gasteiger partial charge is 0.155 e. The van der Waals surface area contributed by atoms with Gasteiger partial charge in [0.2, 0.25) is 0 Å². The molecule has 0 aromatic carbocycles. The molecule has 2 fully saturated rings. The van der Waals surface area contributed by atoms with Crippen molar-refractivity contribution >= 4 is 5.78 Å². The first-order valence-electron chi connectivity index (χ1n) is 7.95. The van der Waals surface area contributed by atoms with Crippen molar-refractivity contribution in [2.24, 2.45) is 11.3 Å². The molecule has 2 aliphatic rings. The van der Waals surface area contributed by atoms with E-state index in [1.54, 1.807) is 0 Å². The van der Waals surface area contributed by atoms with Gasteiger partial charge in [0.25, 0.3) is 0 Å². The van der Waals surface area contributed by atoms with Crippen LogP contribution in [0.2, 0.25) is 0 Å². The van der Waals surface area contributed by atoms with E-state index in [-0.39, 0.29) is 17.0 Å². The normalized spacial score (nSPS) is 33.3. The second-order valence-electron chi connectivity index (χ2n) is 8.56. The molecule has 0 amide bonds. The van der Waals surface area contributed by atoms with Gasteiger partial charge in [-0.1, -0.05) is 33.6 Å². The van der Waals surface area contributed by atoms with Crippen LogP contribution in [0.5, 0.6) is 0 Å². The van der Waals surface area contributed by atoms with E-state index in [0.29, 0.717) is 11.8 Å². The van der Waals surface area contributed by atoms with Crippen LogP contribution in [0.1, 0.15) is 73.6 Å². The fourth-order valence-corrected chi connectivity index (χ4v) is 4.16. The highest BCUT2D eigenvalue weighted by Gasteiger charge is 2.50. The van der Waals surface area contributed by atoms with Crippen LogP contribution in [-0.4, -0.2) is 28.3 Å². The third-order valence-electron chi connectivity index (χ3n) is 4.90. The Morgan fingerprint density at radius 3 is 2.11 bits per heavy atom. The van der Waals surface area contributed by atoms with Crippen molar-refractivity contribution in [1.82, 2.24) is 4.90 Å². The van der Waals surface area contributed by atoms with E-state index in [9.17, 15) is 4.79 Å². The lowest BCUT2D eigenvalue weighted by Gasteiger charge is -2.43. The molecule has 2 nitrogen and oxygen atoms in total. The Morgan fingerprint density at radius 1 is 1.00 bits per heavy atom. The Bertz CT molecular complexity index is 347. The Kier molecular flexibility index (Phi) is 3.85. The molecule has 1 saturated heterocycles. The summed E-state index contributed by atoms with van der Waals surface area (Å²) in [6, 6.07) is 0.790. The molecule has 0 bridgehead atoms. The van der Waals surface area contributed by atoms with Crippen LogP contribution in [0.3, 0.4) is 0 Å². The Balaban J connectivity index is 2.29. The van der Waals surface area contributed by atoms with E-state index >= 15 is 0 Å². The van der Waals surface area contributed by atoms with Crippen molar-refractivity contribution < 1.29 is 4.79 Å². The van der Waals surface area contributed by atoms with Gasteiger partial charge < -0.3 is 0 Å². The van der Waals surface area contributed by atoms with Crippen molar-refractivity contribution in [3.05, 3.63) is 0 Å². The van der Waals surface area contributed by atoms with Crippen LogP contribution in [0.25, 0.3) is 0 Å². The minimum atomic E-state index is -0.221. The van der Waals surface area contributed by atoms with Crippen LogP contribution < -0.4 is 0 Å². The zero-order valence-electron chi connectivity index (χ0n) is 13.6. The summed E-state index contributed by atoms with van der Waals surface area (Å²) in [5.74, 6) is 1.20. The van der Waals surface area contributed by atoms with Gasteiger partial charge in [-0.05, 0) is 46.0 Å². The Morgan fingerprint density at radius 2 is 1.58 bits per heavy atom. The molecule has 1 aliphatic carbocycles. The number of hydrogen-bond donors (Lipinski definition) is 0. The molecule has 2 rings (SSSR count). The third kappa shape index (κ3) is 2.89. The number of nitrogens with zero attached hydrogens (tertiary/aromatic N) is 1. The summed E-state index contributed by atoms with van der Waals surface area (Å²) in [5.41, 5.74) is -0.121. The first-order chi connectivity index (χ1) is 8.62. The van der Waals surface area contributed by atoms with Crippen molar-refractivity contribution in [3.63, 3.8) is 0 Å². The highest BCUT2D eigenvalue weighted by molar-refractivity contribution is 5.89. The molecule has 1 aliphatic heterocycles. The van der Waals surface area contributed by atoms with Gasteiger partial charge in [0, 0.05) is 17.0 Å². The second-order valence-corrected chi connectivity index (χ2v) is 8.56. The molecule has 0 spiro atoms. The summed E-state index contributed by atoms with van der Waals surface area (Å²) in [7, 11) is 0. The topological polar surface area (TPSA) is 20.3 Å². The fraction of sp³-hybridized carbons (Fsp3) is 0.941. The van der Waals surface area contributed by atoms with Gasteiger partial charge >= 0.3 is 0 Å². The molecule has 0 radical (unpaired) electrons. The maximum atomic E-state index is 12.8. The molecular weight excluding hydrogens is 234 g/mol. The van der Waals surface area contributed by atoms with E-state index in [4.69, 9.17) is 0 Å². The average molecular weight is 265 g/mol. The number of rotatable bonds is 1. The lowest BCUT2D eigenvalue weighted by Crippen LogP contribution is -2.54. The number of carbonyl (C=O) groups is 1. The zero-order chi connectivity index (χ0) is 14.4. The number of Topliss-reactive ketones (excluding diaryl/α,β-unsaturated/α-hetero) is 1. The summed E-state index contributed by atoms with van der Waals surface area (Å²) in [6.07, 6.45) is 6.40. The SMILES string of the molecule is CC(C)(C)C(=O)[C@@H]1C[C@@H]2CCCC[C@@H]2N1C(C)(C)C. The lowest BCUT2D eigenvalue weighted by atomic mass is 9.82. The highest BCUT2D eigenvalue weighted by atomic mass is 16.1. The molecular formula is C17H31NO. The van der Waals surface area contributed by atoms with Crippen LogP contribution >= 0.6 is 0 Å². The maximum absolute atomic E-state index is 12.8. The van der Waals surface area contributed by atoms with Crippen LogP contribution in [-0.2, 0) is 4.79 Å². The predicted molar refractivity (Wildman–Crippen MR) is 80.2 cm³/mol. The average Bonchev–Trinajstić information content (AvgIpc) is 2.64. The highest BCUT2D eigenvalue weighted by Crippen LogP contribution is 2.44. The van der Waals surface area contributed by atoms with Crippen LogP contribution in [0.15, 0.2) is 0 Å². The molecule has 0 N–H and O–H groups in total. The largest absolute Gasteiger partial charge is 0.297 e. The monoisotopic (exact) mass is 265 g/mol. The standard InChI is InChI=1S/C17H31NO/c1-16(2,3)15(19)14-11-12-9-7-8-10-13(12)18(14)17(4,5)6/h12-14H,7-11H2,1-6H3/t12-,13-,14-/m0/s1. The van der Waals surface area contributed by atoms with Crippen molar-refractivity contribution in [2.75, 3.05) is 0 Å². The lowest BCUT2D eigenvalue weighted by molar-refractivity contribution is -0.133. The summed E-state index contributed by atoms with van der Waals surface area (Å²) in [4.78, 5) is 15.4. The molecule has 0 aromatic rings. The molecule has 1 saturated carbocycles. The Hall–Kier alpha value is -0.370. The van der Waals surface area contributed by atoms with E-state index in [2.05, 4.69) is 46.4 Å². The number of hydrogen-bond acceptors (Lipinski definition) is 2. The number of likely N-dealkylation sites (tertiary alicyclic amines) is 1. The van der Waals surface area contributed by atoms with Crippen molar-refractivity contribution in [3.8, 4) is 0 Å². The predicted octanol–water partition coefficient (Wildman–Crippen LogP) is 4.03. The molecule has 110 valence electrons. The number of ketones is 1. The number of fused-ring (bicyclic) bond motifs is 1.